The first-order valence-corrected chi connectivity index (χ1v) is 5.79. The Morgan fingerprint density at radius 3 is 2.73 bits per heavy atom. The van der Waals surface area contributed by atoms with Crippen LogP contribution in [-0.4, -0.2) is 16.7 Å². The van der Waals surface area contributed by atoms with Crippen LogP contribution < -0.4 is 5.32 Å². The minimum Gasteiger partial charge on any atom is -0.313 e. The zero-order valence-electron chi connectivity index (χ0n) is 10.4. The van der Waals surface area contributed by atoms with Gasteiger partial charge in [0.2, 0.25) is 0 Å². The second-order valence-corrected chi connectivity index (χ2v) is 5.05. The van der Waals surface area contributed by atoms with E-state index in [1.807, 2.05) is 6.20 Å². The second-order valence-electron chi connectivity index (χ2n) is 5.05. The number of hydrogen-bond acceptors (Lipinski definition) is 2. The van der Waals surface area contributed by atoms with Crippen molar-refractivity contribution in [1.82, 2.24) is 15.5 Å². The molecule has 0 saturated heterocycles. The van der Waals surface area contributed by atoms with Crippen LogP contribution in [0.4, 0.5) is 0 Å². The summed E-state index contributed by atoms with van der Waals surface area (Å²) in [6.07, 6.45) is 4.41. The van der Waals surface area contributed by atoms with Gasteiger partial charge < -0.3 is 5.32 Å². The lowest BCUT2D eigenvalue weighted by molar-refractivity contribution is 0.551. The third kappa shape index (κ3) is 3.67. The molecule has 0 amide bonds. The highest BCUT2D eigenvalue weighted by molar-refractivity contribution is 5.23. The number of unbranched alkanes of at least 4 members (excludes halogenated alkanes) is 1. The fraction of sp³-hybridized carbons (Fsp3) is 0.750. The van der Waals surface area contributed by atoms with Gasteiger partial charge in [-0.15, -0.1) is 0 Å². The number of aromatic nitrogens is 2. The van der Waals surface area contributed by atoms with Gasteiger partial charge in [0.25, 0.3) is 0 Å². The first-order valence-electron chi connectivity index (χ1n) is 5.79. The van der Waals surface area contributed by atoms with Crippen LogP contribution in [0.15, 0.2) is 6.20 Å². The average Bonchev–Trinajstić information content (AvgIpc) is 2.59. The van der Waals surface area contributed by atoms with Crippen molar-refractivity contribution in [3.63, 3.8) is 0 Å². The molecule has 2 N–H and O–H groups in total. The number of rotatable bonds is 5. The molecule has 0 bridgehead atoms. The molecule has 0 spiro atoms. The summed E-state index contributed by atoms with van der Waals surface area (Å²) in [5, 5.41) is 10.7. The zero-order valence-corrected chi connectivity index (χ0v) is 10.4. The molecule has 15 heavy (non-hydrogen) atoms. The van der Waals surface area contributed by atoms with Gasteiger partial charge in [-0.1, -0.05) is 34.1 Å². The van der Waals surface area contributed by atoms with E-state index in [4.69, 9.17) is 0 Å². The van der Waals surface area contributed by atoms with E-state index >= 15 is 0 Å². The van der Waals surface area contributed by atoms with Crippen molar-refractivity contribution in [2.75, 3.05) is 6.54 Å². The molecule has 1 aromatic heterocycles. The lowest BCUT2D eigenvalue weighted by Gasteiger charge is -2.18. The number of aromatic amines is 1. The monoisotopic (exact) mass is 209 g/mol. The lowest BCUT2D eigenvalue weighted by atomic mass is 9.89. The fourth-order valence-electron chi connectivity index (χ4n) is 1.62. The Hall–Kier alpha value is -0.830. The van der Waals surface area contributed by atoms with Gasteiger partial charge in [0, 0.05) is 23.2 Å². The topological polar surface area (TPSA) is 40.7 Å². The summed E-state index contributed by atoms with van der Waals surface area (Å²) in [6, 6.07) is 0. The standard InChI is InChI=1S/C12H23N3/c1-5-6-7-13-8-10-9-14-15-11(10)12(2,3)4/h9,13H,5-8H2,1-4H3,(H,14,15). The first-order chi connectivity index (χ1) is 7.05. The van der Waals surface area contributed by atoms with Crippen molar-refractivity contribution >= 4 is 0 Å². The van der Waals surface area contributed by atoms with Gasteiger partial charge >= 0.3 is 0 Å². The van der Waals surface area contributed by atoms with Crippen LogP contribution in [0.3, 0.4) is 0 Å². The number of H-pyrrole nitrogens is 1. The van der Waals surface area contributed by atoms with E-state index in [9.17, 15) is 0 Å². The van der Waals surface area contributed by atoms with Crippen molar-refractivity contribution < 1.29 is 0 Å². The first kappa shape index (κ1) is 12.2. The van der Waals surface area contributed by atoms with E-state index < -0.39 is 0 Å². The molecule has 0 aromatic carbocycles. The Balaban J connectivity index is 2.51. The largest absolute Gasteiger partial charge is 0.313 e. The van der Waals surface area contributed by atoms with E-state index in [1.165, 1.54) is 24.1 Å². The van der Waals surface area contributed by atoms with Crippen LogP contribution in [0, 0.1) is 0 Å². The molecule has 1 aromatic rings. The average molecular weight is 209 g/mol. The molecule has 3 nitrogen and oxygen atoms in total. The van der Waals surface area contributed by atoms with Crippen molar-refractivity contribution in [2.45, 2.75) is 52.5 Å². The van der Waals surface area contributed by atoms with Gasteiger partial charge in [-0.05, 0) is 13.0 Å². The minimum absolute atomic E-state index is 0.151. The summed E-state index contributed by atoms with van der Waals surface area (Å²) >= 11 is 0. The van der Waals surface area contributed by atoms with E-state index in [0.29, 0.717) is 0 Å². The van der Waals surface area contributed by atoms with Gasteiger partial charge in [-0.3, -0.25) is 5.10 Å². The molecule has 0 radical (unpaired) electrons. The quantitative estimate of drug-likeness (QED) is 0.732. The van der Waals surface area contributed by atoms with Crippen LogP contribution in [0.2, 0.25) is 0 Å². The molecule has 0 aliphatic carbocycles. The predicted molar refractivity (Wildman–Crippen MR) is 63.9 cm³/mol. The van der Waals surface area contributed by atoms with Crippen molar-refractivity contribution in [3.05, 3.63) is 17.5 Å². The summed E-state index contributed by atoms with van der Waals surface area (Å²) in [7, 11) is 0. The summed E-state index contributed by atoms with van der Waals surface area (Å²) in [4.78, 5) is 0. The maximum Gasteiger partial charge on any atom is 0.0535 e. The molecular weight excluding hydrogens is 186 g/mol. The zero-order chi connectivity index (χ0) is 11.3. The van der Waals surface area contributed by atoms with E-state index in [2.05, 4.69) is 43.2 Å². The van der Waals surface area contributed by atoms with Gasteiger partial charge in [-0.2, -0.15) is 5.10 Å². The van der Waals surface area contributed by atoms with Crippen molar-refractivity contribution in [3.8, 4) is 0 Å². The van der Waals surface area contributed by atoms with E-state index in [0.717, 1.165) is 13.1 Å². The maximum absolute atomic E-state index is 4.12. The Morgan fingerprint density at radius 1 is 1.40 bits per heavy atom. The minimum atomic E-state index is 0.151. The molecule has 1 heterocycles. The molecule has 86 valence electrons. The summed E-state index contributed by atoms with van der Waals surface area (Å²) in [6.45, 7) is 10.8. The maximum atomic E-state index is 4.12. The Bertz CT molecular complexity index is 283. The van der Waals surface area contributed by atoms with E-state index in [-0.39, 0.29) is 5.41 Å². The van der Waals surface area contributed by atoms with Crippen LogP contribution in [0.25, 0.3) is 0 Å². The van der Waals surface area contributed by atoms with Crippen LogP contribution in [-0.2, 0) is 12.0 Å². The van der Waals surface area contributed by atoms with Crippen LogP contribution in [0.5, 0.6) is 0 Å². The SMILES string of the molecule is CCCCNCc1cn[nH]c1C(C)(C)C. The van der Waals surface area contributed by atoms with Gasteiger partial charge in [0.15, 0.2) is 0 Å². The van der Waals surface area contributed by atoms with Gasteiger partial charge in [0.05, 0.1) is 6.20 Å². The fourth-order valence-corrected chi connectivity index (χ4v) is 1.62. The second kappa shape index (κ2) is 5.31. The molecule has 0 aliphatic rings. The van der Waals surface area contributed by atoms with Crippen molar-refractivity contribution in [1.29, 1.82) is 0 Å². The highest BCUT2D eigenvalue weighted by atomic mass is 15.1. The Kier molecular flexibility index (Phi) is 4.33. The molecule has 0 fully saturated rings. The van der Waals surface area contributed by atoms with Crippen LogP contribution in [0.1, 0.15) is 51.8 Å². The highest BCUT2D eigenvalue weighted by Crippen LogP contribution is 2.22. The Morgan fingerprint density at radius 2 is 2.13 bits per heavy atom. The molecule has 0 saturated carbocycles. The molecular formula is C12H23N3. The normalized spacial score (nSPS) is 12.0. The summed E-state index contributed by atoms with van der Waals surface area (Å²) < 4.78 is 0. The number of nitrogens with zero attached hydrogens (tertiary/aromatic N) is 1. The van der Waals surface area contributed by atoms with Gasteiger partial charge in [-0.25, -0.2) is 0 Å². The third-order valence-corrected chi connectivity index (χ3v) is 2.49. The summed E-state index contributed by atoms with van der Waals surface area (Å²) in [5.41, 5.74) is 2.68. The Labute approximate surface area is 92.7 Å². The van der Waals surface area contributed by atoms with E-state index in [1.54, 1.807) is 0 Å². The highest BCUT2D eigenvalue weighted by Gasteiger charge is 2.19. The van der Waals surface area contributed by atoms with Crippen molar-refractivity contribution in [2.24, 2.45) is 0 Å². The van der Waals surface area contributed by atoms with Gasteiger partial charge in [0.1, 0.15) is 0 Å². The molecule has 0 atom stereocenters. The van der Waals surface area contributed by atoms with Crippen LogP contribution >= 0.6 is 0 Å². The molecule has 3 heteroatoms. The third-order valence-electron chi connectivity index (χ3n) is 2.49. The molecule has 0 aliphatic heterocycles. The molecule has 1 rings (SSSR count). The predicted octanol–water partition coefficient (Wildman–Crippen LogP) is 2.60. The summed E-state index contributed by atoms with van der Waals surface area (Å²) in [5.74, 6) is 0. The smallest absolute Gasteiger partial charge is 0.0535 e. The molecule has 0 unspecified atom stereocenters. The number of nitrogens with one attached hydrogen (secondary N) is 2. The number of hydrogen-bond donors (Lipinski definition) is 2. The lowest BCUT2D eigenvalue weighted by Crippen LogP contribution is -2.19.